The molecule has 0 saturated carbocycles. The summed E-state index contributed by atoms with van der Waals surface area (Å²) < 4.78 is 0. The van der Waals surface area contributed by atoms with Gasteiger partial charge < -0.3 is 16.8 Å². The zero-order valence-electron chi connectivity index (χ0n) is 6.37. The van der Waals surface area contributed by atoms with E-state index in [1.54, 1.807) is 0 Å². The predicted molar refractivity (Wildman–Crippen MR) is 41.7 cm³/mol. The second kappa shape index (κ2) is 3.67. The molecule has 1 rings (SSSR count). The van der Waals surface area contributed by atoms with Gasteiger partial charge in [-0.15, -0.1) is 5.10 Å². The Bertz CT molecular complexity index is 269. The Hall–Kier alpha value is -1.63. The first-order valence-corrected chi connectivity index (χ1v) is 3.34. The van der Waals surface area contributed by atoms with E-state index in [2.05, 4.69) is 20.5 Å². The van der Waals surface area contributed by atoms with Gasteiger partial charge in [0.05, 0.1) is 13.1 Å². The third-order valence-electron chi connectivity index (χ3n) is 1.14. The van der Waals surface area contributed by atoms with Crippen molar-refractivity contribution in [1.29, 1.82) is 0 Å². The van der Waals surface area contributed by atoms with Crippen molar-refractivity contribution < 1.29 is 4.79 Å². The lowest BCUT2D eigenvalue weighted by Gasteiger charge is -1.96. The molecule has 0 bridgehead atoms. The lowest BCUT2D eigenvalue weighted by atomic mass is 10.5. The first kappa shape index (κ1) is 8.47. The minimum absolute atomic E-state index is 0.112. The number of amides is 1. The molecule has 0 unspecified atom stereocenters. The van der Waals surface area contributed by atoms with Crippen molar-refractivity contribution in [2.75, 3.05) is 12.3 Å². The van der Waals surface area contributed by atoms with E-state index in [0.29, 0.717) is 12.4 Å². The van der Waals surface area contributed by atoms with Gasteiger partial charge >= 0.3 is 0 Å². The molecule has 0 aromatic carbocycles. The highest BCUT2D eigenvalue weighted by Gasteiger charge is 1.99. The standard InChI is InChI=1S/C5H10N6O/c6-3(12)1-8-2-4-9-5(7)11-10-4/h8H,1-2H2,(H2,6,12)(H3,7,9,10,11). The van der Waals surface area contributed by atoms with Crippen LogP contribution >= 0.6 is 0 Å². The highest BCUT2D eigenvalue weighted by Crippen LogP contribution is 1.90. The van der Waals surface area contributed by atoms with E-state index in [1.807, 2.05) is 0 Å². The molecule has 0 fully saturated rings. The Kier molecular flexibility index (Phi) is 2.59. The maximum atomic E-state index is 10.3. The van der Waals surface area contributed by atoms with Gasteiger partial charge in [-0.05, 0) is 0 Å². The average Bonchev–Trinajstić information content (AvgIpc) is 2.35. The molecular weight excluding hydrogens is 160 g/mol. The number of nitrogens with one attached hydrogen (secondary N) is 2. The molecule has 0 spiro atoms. The van der Waals surface area contributed by atoms with Crippen LogP contribution in [0.1, 0.15) is 5.82 Å². The summed E-state index contributed by atoms with van der Waals surface area (Å²) in [5, 5.41) is 8.93. The zero-order valence-corrected chi connectivity index (χ0v) is 6.37. The molecule has 12 heavy (non-hydrogen) atoms. The maximum Gasteiger partial charge on any atom is 0.239 e. The number of aromatic amines is 1. The number of H-pyrrole nitrogens is 1. The van der Waals surface area contributed by atoms with Gasteiger partial charge in [0.15, 0.2) is 0 Å². The number of hydrogen-bond acceptors (Lipinski definition) is 5. The zero-order chi connectivity index (χ0) is 8.97. The molecule has 7 heteroatoms. The summed E-state index contributed by atoms with van der Waals surface area (Å²) in [6.45, 7) is 0.508. The van der Waals surface area contributed by atoms with Gasteiger partial charge in [-0.3, -0.25) is 9.89 Å². The molecule has 0 radical (unpaired) electrons. The van der Waals surface area contributed by atoms with Crippen molar-refractivity contribution >= 4 is 11.9 Å². The van der Waals surface area contributed by atoms with Crippen LogP contribution in [0.25, 0.3) is 0 Å². The third kappa shape index (κ3) is 2.54. The van der Waals surface area contributed by atoms with Crippen molar-refractivity contribution in [3.8, 4) is 0 Å². The van der Waals surface area contributed by atoms with E-state index in [9.17, 15) is 4.79 Å². The van der Waals surface area contributed by atoms with Crippen molar-refractivity contribution in [1.82, 2.24) is 20.5 Å². The fourth-order valence-corrected chi connectivity index (χ4v) is 0.693. The summed E-state index contributed by atoms with van der Waals surface area (Å²) in [6, 6.07) is 0. The second-order valence-corrected chi connectivity index (χ2v) is 2.21. The molecule has 6 N–H and O–H groups in total. The SMILES string of the molecule is NC(=O)CNCc1nc(N)n[nH]1. The lowest BCUT2D eigenvalue weighted by Crippen LogP contribution is -2.28. The summed E-state index contributed by atoms with van der Waals surface area (Å²) in [6.07, 6.45) is 0. The van der Waals surface area contributed by atoms with Crippen LogP contribution in [0.5, 0.6) is 0 Å². The van der Waals surface area contributed by atoms with Crippen LogP contribution in [-0.4, -0.2) is 27.6 Å². The molecule has 0 aliphatic heterocycles. The van der Waals surface area contributed by atoms with Gasteiger partial charge in [0.2, 0.25) is 11.9 Å². The molecule has 0 atom stereocenters. The largest absolute Gasteiger partial charge is 0.369 e. The van der Waals surface area contributed by atoms with E-state index < -0.39 is 5.91 Å². The van der Waals surface area contributed by atoms with Crippen molar-refractivity contribution in [3.63, 3.8) is 0 Å². The Morgan fingerprint density at radius 1 is 1.67 bits per heavy atom. The van der Waals surface area contributed by atoms with E-state index in [4.69, 9.17) is 11.5 Å². The highest BCUT2D eigenvalue weighted by atomic mass is 16.1. The normalized spacial score (nSPS) is 10.0. The van der Waals surface area contributed by atoms with E-state index in [1.165, 1.54) is 0 Å². The van der Waals surface area contributed by atoms with Crippen LogP contribution in [0.3, 0.4) is 0 Å². The van der Waals surface area contributed by atoms with Gasteiger partial charge in [-0.1, -0.05) is 0 Å². The van der Waals surface area contributed by atoms with Crippen molar-refractivity contribution in [2.45, 2.75) is 6.54 Å². The molecule has 7 nitrogen and oxygen atoms in total. The molecule has 0 saturated heterocycles. The fraction of sp³-hybridized carbons (Fsp3) is 0.400. The number of aromatic nitrogens is 3. The molecule has 1 amide bonds. The number of anilines is 1. The van der Waals surface area contributed by atoms with Crippen LogP contribution in [0.15, 0.2) is 0 Å². The quantitative estimate of drug-likeness (QED) is 0.414. The second-order valence-electron chi connectivity index (χ2n) is 2.21. The Labute approximate surface area is 68.5 Å². The topological polar surface area (TPSA) is 123 Å². The summed E-state index contributed by atoms with van der Waals surface area (Å²) in [5.41, 5.74) is 10.1. The summed E-state index contributed by atoms with van der Waals surface area (Å²) >= 11 is 0. The minimum atomic E-state index is -0.414. The van der Waals surface area contributed by atoms with Gasteiger partial charge in [-0.2, -0.15) is 4.98 Å². The minimum Gasteiger partial charge on any atom is -0.369 e. The number of carbonyl (C=O) groups excluding carboxylic acids is 1. The van der Waals surface area contributed by atoms with Crippen LogP contribution in [0.4, 0.5) is 5.95 Å². The van der Waals surface area contributed by atoms with E-state index in [0.717, 1.165) is 0 Å². The van der Waals surface area contributed by atoms with E-state index in [-0.39, 0.29) is 12.5 Å². The third-order valence-corrected chi connectivity index (χ3v) is 1.14. The smallest absolute Gasteiger partial charge is 0.239 e. The Morgan fingerprint density at radius 2 is 2.42 bits per heavy atom. The van der Waals surface area contributed by atoms with Crippen LogP contribution in [0, 0.1) is 0 Å². The predicted octanol–water partition coefficient (Wildman–Crippen LogP) is -2.04. The van der Waals surface area contributed by atoms with Crippen LogP contribution in [0.2, 0.25) is 0 Å². The summed E-state index contributed by atoms with van der Waals surface area (Å²) in [5.74, 6) is 0.349. The fourth-order valence-electron chi connectivity index (χ4n) is 0.693. The lowest BCUT2D eigenvalue weighted by molar-refractivity contribution is -0.117. The maximum absolute atomic E-state index is 10.3. The average molecular weight is 170 g/mol. The summed E-state index contributed by atoms with van der Waals surface area (Å²) in [4.78, 5) is 14.1. The number of primary amides is 1. The van der Waals surface area contributed by atoms with Gasteiger partial charge in [-0.25, -0.2) is 0 Å². The molecule has 1 heterocycles. The number of nitrogen functional groups attached to an aromatic ring is 1. The monoisotopic (exact) mass is 170 g/mol. The Morgan fingerprint density at radius 3 is 2.92 bits per heavy atom. The number of rotatable bonds is 4. The Balaban J connectivity index is 2.29. The van der Waals surface area contributed by atoms with Crippen LogP contribution in [-0.2, 0) is 11.3 Å². The van der Waals surface area contributed by atoms with Crippen LogP contribution < -0.4 is 16.8 Å². The van der Waals surface area contributed by atoms with E-state index >= 15 is 0 Å². The van der Waals surface area contributed by atoms with Crippen molar-refractivity contribution in [2.24, 2.45) is 5.73 Å². The molecule has 0 aliphatic rings. The number of nitrogens with zero attached hydrogens (tertiary/aromatic N) is 2. The molecule has 66 valence electrons. The molecule has 1 aromatic rings. The summed E-state index contributed by atoms with van der Waals surface area (Å²) in [7, 11) is 0. The number of carbonyl (C=O) groups is 1. The highest BCUT2D eigenvalue weighted by molar-refractivity contribution is 5.75. The molecule has 0 aliphatic carbocycles. The number of hydrogen-bond donors (Lipinski definition) is 4. The van der Waals surface area contributed by atoms with Gasteiger partial charge in [0.25, 0.3) is 0 Å². The molecular formula is C5H10N6O. The van der Waals surface area contributed by atoms with Gasteiger partial charge in [0, 0.05) is 0 Å². The van der Waals surface area contributed by atoms with Crippen molar-refractivity contribution in [3.05, 3.63) is 5.82 Å². The first-order chi connectivity index (χ1) is 5.68. The van der Waals surface area contributed by atoms with Gasteiger partial charge in [0.1, 0.15) is 5.82 Å². The first-order valence-electron chi connectivity index (χ1n) is 3.34. The molecule has 1 aromatic heterocycles. The number of nitrogens with two attached hydrogens (primary N) is 2.